The maximum Gasteiger partial charge on any atom is 0.411 e. The number of phenols is 1. The molecule has 0 fully saturated rings. The van der Waals surface area contributed by atoms with Crippen molar-refractivity contribution in [1.29, 1.82) is 0 Å². The Morgan fingerprint density at radius 1 is 1.00 bits per heavy atom. The maximum absolute atomic E-state index is 12.1. The molecule has 0 saturated heterocycles. The molecule has 150 valence electrons. The molecule has 2 rings (SSSR count). The van der Waals surface area contributed by atoms with Gasteiger partial charge in [-0.25, -0.2) is 9.59 Å². The fourth-order valence-corrected chi connectivity index (χ4v) is 2.91. The van der Waals surface area contributed by atoms with Crippen molar-refractivity contribution < 1.29 is 24.5 Å². The van der Waals surface area contributed by atoms with Crippen molar-refractivity contribution in [3.05, 3.63) is 48.0 Å². The molecule has 0 aliphatic heterocycles. The van der Waals surface area contributed by atoms with Crippen molar-refractivity contribution in [3.8, 4) is 16.9 Å². The van der Waals surface area contributed by atoms with Crippen molar-refractivity contribution in [2.75, 3.05) is 11.9 Å². The Labute approximate surface area is 165 Å². The molecule has 0 bridgehead atoms. The summed E-state index contributed by atoms with van der Waals surface area (Å²) < 4.78 is 5.21. The molecule has 0 atom stereocenters. The summed E-state index contributed by atoms with van der Waals surface area (Å²) in [5, 5.41) is 21.9. The van der Waals surface area contributed by atoms with E-state index in [1.165, 1.54) is 31.4 Å². The standard InChI is InChI=1S/C22H27NO5/c1-2-3-4-5-6-10-13-28-22(27)23-19-15-20(24)18(21(25)26)14-17(19)16-11-8-7-9-12-16/h7-9,11-12,14-15,24H,2-6,10,13H2,1H3,(H,23,27)(H,25,26). The van der Waals surface area contributed by atoms with Gasteiger partial charge in [-0.1, -0.05) is 69.4 Å². The SMILES string of the molecule is CCCCCCCCOC(=O)Nc1cc(O)c(C(=O)O)cc1-c1ccccc1. The minimum Gasteiger partial charge on any atom is -0.507 e. The van der Waals surface area contributed by atoms with Gasteiger partial charge in [0.05, 0.1) is 12.3 Å². The van der Waals surface area contributed by atoms with E-state index in [2.05, 4.69) is 12.2 Å². The number of carboxylic acid groups (broad SMARTS) is 1. The van der Waals surface area contributed by atoms with Crippen molar-refractivity contribution >= 4 is 17.7 Å². The second kappa shape index (κ2) is 11.0. The minimum atomic E-state index is -1.24. The molecule has 0 aliphatic rings. The number of carbonyl (C=O) groups excluding carboxylic acids is 1. The Balaban J connectivity index is 2.04. The Hall–Kier alpha value is -3.02. The van der Waals surface area contributed by atoms with Gasteiger partial charge < -0.3 is 14.9 Å². The van der Waals surface area contributed by atoms with Crippen LogP contribution < -0.4 is 5.32 Å². The Kier molecular flexibility index (Phi) is 8.34. The highest BCUT2D eigenvalue weighted by Gasteiger charge is 2.17. The number of hydrogen-bond donors (Lipinski definition) is 3. The fraction of sp³-hybridized carbons (Fsp3) is 0.364. The van der Waals surface area contributed by atoms with E-state index in [4.69, 9.17) is 4.74 Å². The van der Waals surface area contributed by atoms with Gasteiger partial charge >= 0.3 is 12.1 Å². The van der Waals surface area contributed by atoms with Gasteiger partial charge in [-0.05, 0) is 18.1 Å². The van der Waals surface area contributed by atoms with Gasteiger partial charge in [0.15, 0.2) is 0 Å². The van der Waals surface area contributed by atoms with Crippen LogP contribution in [-0.2, 0) is 4.74 Å². The number of carboxylic acids is 1. The van der Waals surface area contributed by atoms with Gasteiger partial charge in [0, 0.05) is 11.6 Å². The third-order valence-electron chi connectivity index (χ3n) is 4.42. The lowest BCUT2D eigenvalue weighted by Crippen LogP contribution is -2.15. The quantitative estimate of drug-likeness (QED) is 0.458. The third-order valence-corrected chi connectivity index (χ3v) is 4.42. The van der Waals surface area contributed by atoms with E-state index in [9.17, 15) is 19.8 Å². The Morgan fingerprint density at radius 3 is 2.36 bits per heavy atom. The zero-order valence-electron chi connectivity index (χ0n) is 16.1. The summed E-state index contributed by atoms with van der Waals surface area (Å²) >= 11 is 0. The summed E-state index contributed by atoms with van der Waals surface area (Å²) in [5.41, 5.74) is 1.27. The Bertz CT molecular complexity index is 789. The first-order valence-corrected chi connectivity index (χ1v) is 9.62. The van der Waals surface area contributed by atoms with Crippen molar-refractivity contribution in [3.63, 3.8) is 0 Å². The highest BCUT2D eigenvalue weighted by atomic mass is 16.5. The first-order valence-electron chi connectivity index (χ1n) is 9.62. The maximum atomic E-state index is 12.1. The van der Waals surface area contributed by atoms with Gasteiger partial charge in [-0.3, -0.25) is 5.32 Å². The largest absolute Gasteiger partial charge is 0.507 e. The molecule has 3 N–H and O–H groups in total. The molecule has 6 heteroatoms. The van der Waals surface area contributed by atoms with Crippen molar-refractivity contribution in [2.45, 2.75) is 45.4 Å². The lowest BCUT2D eigenvalue weighted by molar-refractivity contribution is 0.0694. The van der Waals surface area contributed by atoms with E-state index in [-0.39, 0.29) is 5.56 Å². The van der Waals surface area contributed by atoms with Gasteiger partial charge in [0.25, 0.3) is 0 Å². The number of benzene rings is 2. The lowest BCUT2D eigenvalue weighted by atomic mass is 10.00. The number of aromatic hydroxyl groups is 1. The van der Waals surface area contributed by atoms with Crippen LogP contribution in [0, 0.1) is 0 Å². The highest BCUT2D eigenvalue weighted by Crippen LogP contribution is 2.34. The van der Waals surface area contributed by atoms with Crippen LogP contribution in [0.15, 0.2) is 42.5 Å². The summed E-state index contributed by atoms with van der Waals surface area (Å²) in [6.45, 7) is 2.48. The molecule has 0 unspecified atom stereocenters. The summed E-state index contributed by atoms with van der Waals surface area (Å²) in [5.74, 6) is -1.66. The first kappa shape index (κ1) is 21.3. The molecule has 2 aromatic carbocycles. The van der Waals surface area contributed by atoms with Gasteiger partial charge in [-0.15, -0.1) is 0 Å². The number of hydrogen-bond acceptors (Lipinski definition) is 4. The number of anilines is 1. The molecular formula is C22H27NO5. The molecule has 6 nitrogen and oxygen atoms in total. The third kappa shape index (κ3) is 6.30. The molecule has 0 saturated carbocycles. The number of ether oxygens (including phenoxy) is 1. The number of amides is 1. The topological polar surface area (TPSA) is 95.9 Å². The number of nitrogens with one attached hydrogen (secondary N) is 1. The number of aromatic carboxylic acids is 1. The van der Waals surface area contributed by atoms with Crippen molar-refractivity contribution in [2.24, 2.45) is 0 Å². The van der Waals surface area contributed by atoms with Crippen molar-refractivity contribution in [1.82, 2.24) is 0 Å². The van der Waals surface area contributed by atoms with E-state index in [1.54, 1.807) is 12.1 Å². The minimum absolute atomic E-state index is 0.232. The van der Waals surface area contributed by atoms with E-state index in [1.807, 2.05) is 18.2 Å². The zero-order chi connectivity index (χ0) is 20.4. The lowest BCUT2D eigenvalue weighted by Gasteiger charge is -2.14. The average Bonchev–Trinajstić information content (AvgIpc) is 2.68. The van der Waals surface area contributed by atoms with Gasteiger partial charge in [0.2, 0.25) is 0 Å². The van der Waals surface area contributed by atoms with Crippen LogP contribution >= 0.6 is 0 Å². The zero-order valence-corrected chi connectivity index (χ0v) is 16.1. The van der Waals surface area contributed by atoms with Crippen LogP contribution in [0.3, 0.4) is 0 Å². The summed E-state index contributed by atoms with van der Waals surface area (Å²) in [7, 11) is 0. The molecule has 0 aromatic heterocycles. The van der Waals surface area contributed by atoms with Crippen LogP contribution in [0.5, 0.6) is 5.75 Å². The van der Waals surface area contributed by atoms with Crippen LogP contribution in [0.2, 0.25) is 0 Å². The van der Waals surface area contributed by atoms with Gasteiger partial charge in [0.1, 0.15) is 11.3 Å². The van der Waals surface area contributed by atoms with Gasteiger partial charge in [-0.2, -0.15) is 0 Å². The average molecular weight is 385 g/mol. The molecule has 0 aliphatic carbocycles. The van der Waals surface area contributed by atoms with Crippen LogP contribution in [-0.4, -0.2) is 28.9 Å². The molecule has 0 heterocycles. The summed E-state index contributed by atoms with van der Waals surface area (Å²) in [4.78, 5) is 23.5. The van der Waals surface area contributed by atoms with E-state index in [0.717, 1.165) is 24.8 Å². The van der Waals surface area contributed by atoms with Crippen LogP contribution in [0.4, 0.5) is 10.5 Å². The summed E-state index contributed by atoms with van der Waals surface area (Å²) in [6, 6.07) is 11.6. The number of carbonyl (C=O) groups is 2. The van der Waals surface area contributed by atoms with Crippen LogP contribution in [0.1, 0.15) is 55.8 Å². The fourth-order valence-electron chi connectivity index (χ4n) is 2.91. The van der Waals surface area contributed by atoms with Crippen LogP contribution in [0.25, 0.3) is 11.1 Å². The second-order valence-corrected chi connectivity index (χ2v) is 6.61. The molecule has 28 heavy (non-hydrogen) atoms. The predicted molar refractivity (Wildman–Crippen MR) is 109 cm³/mol. The second-order valence-electron chi connectivity index (χ2n) is 6.61. The van der Waals surface area contributed by atoms with E-state index < -0.39 is 17.8 Å². The Morgan fingerprint density at radius 2 is 1.68 bits per heavy atom. The predicted octanol–water partition coefficient (Wildman–Crippen LogP) is 5.67. The molecular weight excluding hydrogens is 358 g/mol. The van der Waals surface area contributed by atoms with E-state index in [0.29, 0.717) is 17.9 Å². The molecule has 0 spiro atoms. The molecule has 0 radical (unpaired) electrons. The smallest absolute Gasteiger partial charge is 0.411 e. The summed E-state index contributed by atoms with van der Waals surface area (Å²) in [6.07, 6.45) is 5.91. The van der Waals surface area contributed by atoms with E-state index >= 15 is 0 Å². The first-order chi connectivity index (χ1) is 13.5. The highest BCUT2D eigenvalue weighted by molar-refractivity contribution is 5.98. The molecule has 1 amide bonds. The number of unbranched alkanes of at least 4 members (excludes halogenated alkanes) is 5. The number of rotatable bonds is 10. The normalized spacial score (nSPS) is 10.5. The molecule has 2 aromatic rings. The monoisotopic (exact) mass is 385 g/mol.